The molecule has 33 heavy (non-hydrogen) atoms. The largest absolute Gasteiger partial charge is 0.379 e. The van der Waals surface area contributed by atoms with Gasteiger partial charge in [0.1, 0.15) is 0 Å². The Labute approximate surface area is 195 Å². The van der Waals surface area contributed by atoms with E-state index in [1.165, 1.54) is 16.8 Å². The molecule has 170 valence electrons. The molecule has 0 unspecified atom stereocenters. The zero-order valence-corrected chi connectivity index (χ0v) is 19.4. The second-order valence-corrected chi connectivity index (χ2v) is 8.96. The number of H-pyrrole nitrogens is 1. The molecule has 3 heterocycles. The van der Waals surface area contributed by atoms with Crippen molar-refractivity contribution in [1.29, 1.82) is 0 Å². The lowest BCUT2D eigenvalue weighted by Gasteiger charge is -2.26. The van der Waals surface area contributed by atoms with Gasteiger partial charge in [-0.2, -0.15) is 0 Å². The third-order valence-corrected chi connectivity index (χ3v) is 6.83. The van der Waals surface area contributed by atoms with Gasteiger partial charge in [0, 0.05) is 35.7 Å². The lowest BCUT2D eigenvalue weighted by molar-refractivity contribution is -0.110. The van der Waals surface area contributed by atoms with Gasteiger partial charge in [-0.05, 0) is 67.6 Å². The predicted molar refractivity (Wildman–Crippen MR) is 134 cm³/mol. The Kier molecular flexibility index (Phi) is 6.16. The SMILES string of the molecule is Cc1[nH]c(C=C2C(=O)Nc3cc(-c4ccccc4)ccc32)c(C)c1CCCN1CCOCC1. The highest BCUT2D eigenvalue weighted by molar-refractivity contribution is 6.35. The van der Waals surface area contributed by atoms with Crippen LogP contribution in [0.25, 0.3) is 22.8 Å². The van der Waals surface area contributed by atoms with E-state index in [2.05, 4.69) is 59.4 Å². The van der Waals surface area contributed by atoms with E-state index in [1.54, 1.807) is 0 Å². The molecule has 2 aromatic carbocycles. The van der Waals surface area contributed by atoms with Crippen LogP contribution in [0.3, 0.4) is 0 Å². The molecular formula is C28H31N3O2. The Morgan fingerprint density at radius 1 is 1.03 bits per heavy atom. The molecule has 5 nitrogen and oxygen atoms in total. The van der Waals surface area contributed by atoms with Gasteiger partial charge in [0.05, 0.1) is 18.8 Å². The van der Waals surface area contributed by atoms with Gasteiger partial charge in [-0.15, -0.1) is 0 Å². The quantitative estimate of drug-likeness (QED) is 0.526. The van der Waals surface area contributed by atoms with Crippen molar-refractivity contribution in [1.82, 2.24) is 9.88 Å². The summed E-state index contributed by atoms with van der Waals surface area (Å²) in [5.74, 6) is -0.0456. The van der Waals surface area contributed by atoms with Crippen molar-refractivity contribution < 1.29 is 9.53 Å². The highest BCUT2D eigenvalue weighted by atomic mass is 16.5. The van der Waals surface area contributed by atoms with E-state index in [0.29, 0.717) is 5.57 Å². The molecular weight excluding hydrogens is 410 g/mol. The van der Waals surface area contributed by atoms with Gasteiger partial charge in [-0.3, -0.25) is 9.69 Å². The van der Waals surface area contributed by atoms with E-state index < -0.39 is 0 Å². The number of carbonyl (C=O) groups is 1. The summed E-state index contributed by atoms with van der Waals surface area (Å²) >= 11 is 0. The summed E-state index contributed by atoms with van der Waals surface area (Å²) in [6.07, 6.45) is 4.18. The van der Waals surface area contributed by atoms with Crippen LogP contribution in [0, 0.1) is 13.8 Å². The van der Waals surface area contributed by atoms with Gasteiger partial charge in [0.15, 0.2) is 0 Å². The standard InChI is InChI=1S/C28H31N3O2/c1-19-23(9-6-12-31-13-15-33-16-14-31)20(2)29-26(19)18-25-24-11-10-22(17-27(24)30-28(25)32)21-7-4-3-5-8-21/h3-5,7-8,10-11,17-18,29H,6,9,12-16H2,1-2H3,(H,30,32). The Hall–Kier alpha value is -3.15. The minimum absolute atomic E-state index is 0.0456. The number of fused-ring (bicyclic) bond motifs is 1. The van der Waals surface area contributed by atoms with E-state index in [1.807, 2.05) is 24.3 Å². The third kappa shape index (κ3) is 4.52. The summed E-state index contributed by atoms with van der Waals surface area (Å²) < 4.78 is 5.45. The van der Waals surface area contributed by atoms with Crippen molar-refractivity contribution in [2.45, 2.75) is 26.7 Å². The summed E-state index contributed by atoms with van der Waals surface area (Å²) in [4.78, 5) is 18.8. The molecule has 0 saturated carbocycles. The van der Waals surface area contributed by atoms with Gasteiger partial charge >= 0.3 is 0 Å². The van der Waals surface area contributed by atoms with Crippen LogP contribution in [0.2, 0.25) is 0 Å². The molecule has 0 bridgehead atoms. The number of hydrogen-bond donors (Lipinski definition) is 2. The molecule has 0 radical (unpaired) electrons. The topological polar surface area (TPSA) is 57.4 Å². The normalized spacial score (nSPS) is 17.4. The van der Waals surface area contributed by atoms with E-state index in [-0.39, 0.29) is 5.91 Å². The Bertz CT molecular complexity index is 1190. The van der Waals surface area contributed by atoms with Gasteiger partial charge < -0.3 is 15.0 Å². The maximum absolute atomic E-state index is 12.8. The Morgan fingerprint density at radius 2 is 1.82 bits per heavy atom. The lowest BCUT2D eigenvalue weighted by atomic mass is 9.99. The van der Waals surface area contributed by atoms with E-state index in [9.17, 15) is 4.79 Å². The number of nitrogens with one attached hydrogen (secondary N) is 2. The van der Waals surface area contributed by atoms with Gasteiger partial charge in [-0.25, -0.2) is 0 Å². The summed E-state index contributed by atoms with van der Waals surface area (Å²) in [5, 5.41) is 3.05. The molecule has 0 aliphatic carbocycles. The van der Waals surface area contributed by atoms with Crippen molar-refractivity contribution >= 4 is 23.2 Å². The van der Waals surface area contributed by atoms with Crippen LogP contribution >= 0.6 is 0 Å². The predicted octanol–water partition coefficient (Wildman–Crippen LogP) is 5.06. The number of nitrogens with zero attached hydrogens (tertiary/aromatic N) is 1. The van der Waals surface area contributed by atoms with Gasteiger partial charge in [0.2, 0.25) is 0 Å². The maximum Gasteiger partial charge on any atom is 0.256 e. The average Bonchev–Trinajstić information content (AvgIpc) is 3.30. The first-order valence-corrected chi connectivity index (χ1v) is 11.8. The van der Waals surface area contributed by atoms with Crippen molar-refractivity contribution in [2.75, 3.05) is 38.2 Å². The number of hydrogen-bond acceptors (Lipinski definition) is 3. The molecule has 0 atom stereocenters. The molecule has 1 aromatic heterocycles. The van der Waals surface area contributed by atoms with Crippen molar-refractivity contribution in [3.05, 3.63) is 76.6 Å². The van der Waals surface area contributed by atoms with Crippen molar-refractivity contribution in [3.63, 3.8) is 0 Å². The number of ether oxygens (including phenoxy) is 1. The van der Waals surface area contributed by atoms with Crippen LogP contribution in [0.5, 0.6) is 0 Å². The number of anilines is 1. The van der Waals surface area contributed by atoms with Gasteiger partial charge in [-0.1, -0.05) is 42.5 Å². The highest BCUT2D eigenvalue weighted by Crippen LogP contribution is 2.37. The first-order chi connectivity index (χ1) is 16.1. The smallest absolute Gasteiger partial charge is 0.256 e. The Balaban J connectivity index is 1.35. The van der Waals surface area contributed by atoms with Crippen LogP contribution in [0.15, 0.2) is 48.5 Å². The first kappa shape index (κ1) is 21.7. The molecule has 3 aromatic rings. The second-order valence-electron chi connectivity index (χ2n) is 8.96. The van der Waals surface area contributed by atoms with Crippen LogP contribution in [-0.4, -0.2) is 48.6 Å². The van der Waals surface area contributed by atoms with Crippen molar-refractivity contribution in [2.24, 2.45) is 0 Å². The minimum atomic E-state index is -0.0456. The van der Waals surface area contributed by atoms with E-state index in [4.69, 9.17) is 4.74 Å². The lowest BCUT2D eigenvalue weighted by Crippen LogP contribution is -2.36. The number of benzene rings is 2. The van der Waals surface area contributed by atoms with E-state index >= 15 is 0 Å². The summed E-state index contributed by atoms with van der Waals surface area (Å²) in [7, 11) is 0. The molecule has 5 heteroatoms. The molecule has 1 fully saturated rings. The number of morpholine rings is 1. The van der Waals surface area contributed by atoms with E-state index in [0.717, 1.165) is 73.8 Å². The number of carbonyl (C=O) groups excluding carboxylic acids is 1. The summed E-state index contributed by atoms with van der Waals surface area (Å²) in [6.45, 7) is 9.14. The minimum Gasteiger partial charge on any atom is -0.379 e. The zero-order valence-electron chi connectivity index (χ0n) is 19.4. The van der Waals surface area contributed by atoms with Crippen molar-refractivity contribution in [3.8, 4) is 11.1 Å². The molecule has 5 rings (SSSR count). The molecule has 2 N–H and O–H groups in total. The molecule has 2 aliphatic rings. The fourth-order valence-corrected chi connectivity index (χ4v) is 4.93. The third-order valence-electron chi connectivity index (χ3n) is 6.83. The Morgan fingerprint density at radius 3 is 2.61 bits per heavy atom. The van der Waals surface area contributed by atoms with Crippen LogP contribution in [0.4, 0.5) is 5.69 Å². The molecule has 0 spiro atoms. The average molecular weight is 442 g/mol. The number of amides is 1. The fourth-order valence-electron chi connectivity index (χ4n) is 4.93. The zero-order chi connectivity index (χ0) is 22.8. The number of aromatic nitrogens is 1. The van der Waals surface area contributed by atoms with Crippen LogP contribution < -0.4 is 5.32 Å². The summed E-state index contributed by atoms with van der Waals surface area (Å²) in [6, 6.07) is 16.4. The molecule has 2 aliphatic heterocycles. The molecule has 1 amide bonds. The number of rotatable bonds is 6. The highest BCUT2D eigenvalue weighted by Gasteiger charge is 2.25. The summed E-state index contributed by atoms with van der Waals surface area (Å²) in [5.41, 5.74) is 9.62. The maximum atomic E-state index is 12.8. The monoisotopic (exact) mass is 441 g/mol. The number of aromatic amines is 1. The first-order valence-electron chi connectivity index (χ1n) is 11.8. The number of aryl methyl sites for hydroxylation is 1. The van der Waals surface area contributed by atoms with Gasteiger partial charge in [0.25, 0.3) is 5.91 Å². The second kappa shape index (κ2) is 9.38. The molecule has 1 saturated heterocycles. The fraction of sp³-hybridized carbons (Fsp3) is 0.321. The van der Waals surface area contributed by atoms with Crippen LogP contribution in [0.1, 0.15) is 34.5 Å². The van der Waals surface area contributed by atoms with Crippen LogP contribution in [-0.2, 0) is 16.0 Å².